The van der Waals surface area contributed by atoms with Gasteiger partial charge in [0.15, 0.2) is 0 Å². The third kappa shape index (κ3) is 6.02. The molecule has 24 heavy (non-hydrogen) atoms. The van der Waals surface area contributed by atoms with Crippen LogP contribution in [0.1, 0.15) is 81.1 Å². The van der Waals surface area contributed by atoms with E-state index in [2.05, 4.69) is 60.3 Å². The lowest BCUT2D eigenvalue weighted by Crippen LogP contribution is -2.54. The fraction of sp³-hybridized carbons (Fsp3) is 1.00. The Morgan fingerprint density at radius 3 is 1.54 bits per heavy atom. The monoisotopic (exact) mass is 338 g/mol. The average molecular weight is 339 g/mol. The summed E-state index contributed by atoms with van der Waals surface area (Å²) in [5, 5.41) is 0. The zero-order valence-electron chi connectivity index (χ0n) is 17.9. The SMILES string of the molecule is CC(C)C(C(C)C)N(CC1CCCC(CN)C1)C(C(C)C)C(C)C. The number of hydrogen-bond donors (Lipinski definition) is 1. The van der Waals surface area contributed by atoms with E-state index < -0.39 is 0 Å². The van der Waals surface area contributed by atoms with Crippen LogP contribution in [0.5, 0.6) is 0 Å². The van der Waals surface area contributed by atoms with E-state index in [0.717, 1.165) is 18.4 Å². The van der Waals surface area contributed by atoms with Crippen molar-refractivity contribution in [3.05, 3.63) is 0 Å². The summed E-state index contributed by atoms with van der Waals surface area (Å²) in [7, 11) is 0. The standard InChI is InChI=1S/C22H46N2/c1-15(2)21(16(3)4)24(22(17(5)6)18(7)8)14-20-11-9-10-19(12-20)13-23/h15-22H,9-14,23H2,1-8H3. The Bertz CT molecular complexity index is 299. The summed E-state index contributed by atoms with van der Waals surface area (Å²) in [6.45, 7) is 21.5. The van der Waals surface area contributed by atoms with Crippen LogP contribution in [-0.4, -0.2) is 30.1 Å². The minimum atomic E-state index is 0.679. The molecule has 1 saturated carbocycles. The summed E-state index contributed by atoms with van der Waals surface area (Å²) in [6, 6.07) is 1.36. The van der Waals surface area contributed by atoms with E-state index in [4.69, 9.17) is 5.73 Å². The lowest BCUT2D eigenvalue weighted by Gasteiger charge is -2.48. The van der Waals surface area contributed by atoms with Crippen molar-refractivity contribution in [2.75, 3.05) is 13.1 Å². The topological polar surface area (TPSA) is 29.3 Å². The fourth-order valence-electron chi connectivity index (χ4n) is 5.59. The van der Waals surface area contributed by atoms with Gasteiger partial charge in [0.1, 0.15) is 0 Å². The number of hydrogen-bond acceptors (Lipinski definition) is 2. The van der Waals surface area contributed by atoms with Gasteiger partial charge in [-0.15, -0.1) is 0 Å². The molecule has 0 aromatic carbocycles. The molecule has 0 amide bonds. The molecule has 1 aliphatic carbocycles. The first-order valence-electron chi connectivity index (χ1n) is 10.6. The molecule has 2 N–H and O–H groups in total. The maximum Gasteiger partial charge on any atom is 0.0144 e. The maximum absolute atomic E-state index is 6.00. The van der Waals surface area contributed by atoms with Gasteiger partial charge in [-0.25, -0.2) is 0 Å². The van der Waals surface area contributed by atoms with E-state index in [1.54, 1.807) is 0 Å². The Morgan fingerprint density at radius 2 is 1.17 bits per heavy atom. The number of nitrogens with zero attached hydrogens (tertiary/aromatic N) is 1. The first kappa shape index (κ1) is 22.0. The summed E-state index contributed by atoms with van der Waals surface area (Å²) < 4.78 is 0. The molecule has 0 aliphatic heterocycles. The maximum atomic E-state index is 6.00. The molecule has 1 fully saturated rings. The number of nitrogens with two attached hydrogens (primary N) is 1. The van der Waals surface area contributed by atoms with E-state index in [-0.39, 0.29) is 0 Å². The first-order chi connectivity index (χ1) is 11.2. The van der Waals surface area contributed by atoms with Gasteiger partial charge >= 0.3 is 0 Å². The van der Waals surface area contributed by atoms with Crippen LogP contribution in [0.3, 0.4) is 0 Å². The molecule has 2 unspecified atom stereocenters. The molecule has 1 rings (SSSR count). The molecule has 0 radical (unpaired) electrons. The second-order valence-electron chi connectivity index (χ2n) is 9.79. The van der Waals surface area contributed by atoms with Crippen LogP contribution >= 0.6 is 0 Å². The molecule has 0 spiro atoms. The highest BCUT2D eigenvalue weighted by Gasteiger charge is 2.36. The van der Waals surface area contributed by atoms with Crippen LogP contribution in [0.15, 0.2) is 0 Å². The normalized spacial score (nSPS) is 23.0. The Balaban J connectivity index is 3.03. The minimum Gasteiger partial charge on any atom is -0.330 e. The minimum absolute atomic E-state index is 0.679. The van der Waals surface area contributed by atoms with Gasteiger partial charge in [0.05, 0.1) is 0 Å². The summed E-state index contributed by atoms with van der Waals surface area (Å²) in [6.07, 6.45) is 5.47. The van der Waals surface area contributed by atoms with Crippen LogP contribution in [-0.2, 0) is 0 Å². The van der Waals surface area contributed by atoms with Gasteiger partial charge in [0.2, 0.25) is 0 Å². The fourth-order valence-corrected chi connectivity index (χ4v) is 5.59. The van der Waals surface area contributed by atoms with Crippen LogP contribution in [0, 0.1) is 35.5 Å². The van der Waals surface area contributed by atoms with Crippen LogP contribution in [0.4, 0.5) is 0 Å². The highest BCUT2D eigenvalue weighted by atomic mass is 15.2. The second kappa shape index (κ2) is 10.2. The Kier molecular flexibility index (Phi) is 9.30. The molecule has 2 heteroatoms. The summed E-state index contributed by atoms with van der Waals surface area (Å²) in [5.74, 6) is 4.43. The van der Waals surface area contributed by atoms with E-state index in [1.807, 2.05) is 0 Å². The van der Waals surface area contributed by atoms with E-state index in [1.165, 1.54) is 32.2 Å². The largest absolute Gasteiger partial charge is 0.330 e. The van der Waals surface area contributed by atoms with Crippen LogP contribution < -0.4 is 5.73 Å². The number of rotatable bonds is 9. The Hall–Kier alpha value is -0.0800. The van der Waals surface area contributed by atoms with E-state index in [0.29, 0.717) is 35.8 Å². The average Bonchev–Trinajstić information content (AvgIpc) is 2.45. The lowest BCUT2D eigenvalue weighted by molar-refractivity contribution is 0.00467. The van der Waals surface area contributed by atoms with Gasteiger partial charge in [-0.2, -0.15) is 0 Å². The van der Waals surface area contributed by atoms with Crippen molar-refractivity contribution in [3.63, 3.8) is 0 Å². The van der Waals surface area contributed by atoms with Crippen molar-refractivity contribution in [2.45, 2.75) is 93.2 Å². The molecule has 0 aromatic heterocycles. The predicted molar refractivity (Wildman–Crippen MR) is 108 cm³/mol. The Labute approximate surface area is 152 Å². The molecular weight excluding hydrogens is 292 g/mol. The van der Waals surface area contributed by atoms with Crippen molar-refractivity contribution < 1.29 is 0 Å². The summed E-state index contributed by atoms with van der Waals surface area (Å²) in [5.41, 5.74) is 6.00. The van der Waals surface area contributed by atoms with Gasteiger partial charge < -0.3 is 5.73 Å². The van der Waals surface area contributed by atoms with E-state index in [9.17, 15) is 0 Å². The molecule has 1 aliphatic rings. The highest BCUT2D eigenvalue weighted by Crippen LogP contribution is 2.34. The van der Waals surface area contributed by atoms with Crippen molar-refractivity contribution in [3.8, 4) is 0 Å². The zero-order chi connectivity index (χ0) is 18.4. The summed E-state index contributed by atoms with van der Waals surface area (Å²) in [4.78, 5) is 2.92. The van der Waals surface area contributed by atoms with Crippen molar-refractivity contribution >= 4 is 0 Å². The Morgan fingerprint density at radius 1 is 0.750 bits per heavy atom. The molecule has 0 saturated heterocycles. The van der Waals surface area contributed by atoms with E-state index >= 15 is 0 Å². The van der Waals surface area contributed by atoms with Crippen molar-refractivity contribution in [2.24, 2.45) is 41.2 Å². The lowest BCUT2D eigenvalue weighted by atomic mass is 9.78. The van der Waals surface area contributed by atoms with Crippen LogP contribution in [0.2, 0.25) is 0 Å². The summed E-state index contributed by atoms with van der Waals surface area (Å²) >= 11 is 0. The highest BCUT2D eigenvalue weighted by molar-refractivity contribution is 4.89. The van der Waals surface area contributed by atoms with Crippen molar-refractivity contribution in [1.82, 2.24) is 4.90 Å². The third-order valence-corrected chi connectivity index (χ3v) is 6.19. The molecule has 2 nitrogen and oxygen atoms in total. The molecular formula is C22H46N2. The third-order valence-electron chi connectivity index (χ3n) is 6.19. The van der Waals surface area contributed by atoms with Gasteiger partial charge in [-0.05, 0) is 61.3 Å². The predicted octanol–water partition coefficient (Wildman–Crippen LogP) is 5.41. The zero-order valence-corrected chi connectivity index (χ0v) is 17.9. The molecule has 0 aromatic rings. The molecule has 0 bridgehead atoms. The molecule has 2 atom stereocenters. The van der Waals surface area contributed by atoms with Gasteiger partial charge in [-0.3, -0.25) is 4.90 Å². The van der Waals surface area contributed by atoms with Gasteiger partial charge in [0.25, 0.3) is 0 Å². The molecule has 144 valence electrons. The van der Waals surface area contributed by atoms with Gasteiger partial charge in [-0.1, -0.05) is 61.8 Å². The van der Waals surface area contributed by atoms with Crippen LogP contribution in [0.25, 0.3) is 0 Å². The van der Waals surface area contributed by atoms with Crippen molar-refractivity contribution in [1.29, 1.82) is 0 Å². The smallest absolute Gasteiger partial charge is 0.0144 e. The quantitative estimate of drug-likeness (QED) is 0.608. The van der Waals surface area contributed by atoms with Gasteiger partial charge in [0, 0.05) is 18.6 Å². The molecule has 0 heterocycles. The first-order valence-corrected chi connectivity index (χ1v) is 10.6. The second-order valence-corrected chi connectivity index (χ2v) is 9.79.